The number of fused-ring (bicyclic) bond motifs is 1. The van der Waals surface area contributed by atoms with Crippen LogP contribution in [0.4, 0.5) is 5.69 Å². The van der Waals surface area contributed by atoms with Gasteiger partial charge in [0.25, 0.3) is 0 Å². The SMILES string of the molecule is Cc1nn(Cc2cccc(Cl)c2)c(C)c1-c1c[nH]c2ncc(-c3ccc(N4CCNCC4)cc3)cc12.Cl. The fraction of sp³-hybridized carbons (Fsp3) is 0.241. The number of hydrogen-bond acceptors (Lipinski definition) is 4. The van der Waals surface area contributed by atoms with Gasteiger partial charge in [-0.15, -0.1) is 12.4 Å². The van der Waals surface area contributed by atoms with Gasteiger partial charge >= 0.3 is 0 Å². The summed E-state index contributed by atoms with van der Waals surface area (Å²) in [7, 11) is 0. The number of H-pyrrole nitrogens is 1. The summed E-state index contributed by atoms with van der Waals surface area (Å²) in [5.41, 5.74) is 9.97. The molecule has 37 heavy (non-hydrogen) atoms. The molecule has 0 amide bonds. The molecular weight excluding hydrogens is 503 g/mol. The Kier molecular flexibility index (Phi) is 7.24. The fourth-order valence-corrected chi connectivity index (χ4v) is 5.42. The minimum Gasteiger partial charge on any atom is -0.369 e. The Balaban J connectivity index is 0.00000280. The molecule has 1 aliphatic rings. The van der Waals surface area contributed by atoms with Crippen molar-refractivity contribution in [2.45, 2.75) is 20.4 Å². The highest BCUT2D eigenvalue weighted by atomic mass is 35.5. The topological polar surface area (TPSA) is 61.8 Å². The Hall–Kier alpha value is -3.32. The molecule has 5 aromatic rings. The zero-order valence-electron chi connectivity index (χ0n) is 21.0. The molecule has 2 aromatic carbocycles. The number of nitrogens with one attached hydrogen (secondary N) is 2. The van der Waals surface area contributed by atoms with E-state index in [1.165, 1.54) is 11.3 Å². The van der Waals surface area contributed by atoms with Gasteiger partial charge in [-0.25, -0.2) is 4.98 Å². The van der Waals surface area contributed by atoms with Gasteiger partial charge in [0.2, 0.25) is 0 Å². The average molecular weight is 534 g/mol. The van der Waals surface area contributed by atoms with Crippen LogP contribution < -0.4 is 10.2 Å². The van der Waals surface area contributed by atoms with E-state index in [9.17, 15) is 0 Å². The van der Waals surface area contributed by atoms with Crippen LogP contribution in [-0.4, -0.2) is 45.9 Å². The number of rotatable bonds is 5. The number of benzene rings is 2. The van der Waals surface area contributed by atoms with E-state index >= 15 is 0 Å². The molecule has 1 saturated heterocycles. The molecule has 6 nitrogen and oxygen atoms in total. The second kappa shape index (κ2) is 10.6. The molecule has 1 aliphatic heterocycles. The first kappa shape index (κ1) is 25.3. The lowest BCUT2D eigenvalue weighted by Crippen LogP contribution is -2.43. The van der Waals surface area contributed by atoms with Crippen LogP contribution in [0.5, 0.6) is 0 Å². The van der Waals surface area contributed by atoms with Crippen LogP contribution in [-0.2, 0) is 6.54 Å². The molecule has 0 unspecified atom stereocenters. The number of pyridine rings is 1. The van der Waals surface area contributed by atoms with Crippen LogP contribution in [0.1, 0.15) is 17.0 Å². The van der Waals surface area contributed by atoms with Gasteiger partial charge in [0, 0.05) is 77.1 Å². The molecule has 8 heteroatoms. The standard InChI is InChI=1S/C29H29ClN6.ClH/c1-19-28(20(2)36(34-19)18-21-4-3-5-24(30)14-21)27-17-33-29-26(27)15-23(16-32-29)22-6-8-25(9-7-22)35-12-10-31-11-13-35;/h3-9,14-17,31H,10-13,18H2,1-2H3,(H,32,33);1H. The third kappa shape index (κ3) is 4.97. The first-order chi connectivity index (χ1) is 17.6. The third-order valence-corrected chi connectivity index (χ3v) is 7.32. The summed E-state index contributed by atoms with van der Waals surface area (Å²) in [6, 6.07) is 19.0. The molecule has 0 atom stereocenters. The maximum absolute atomic E-state index is 6.20. The van der Waals surface area contributed by atoms with Crippen LogP contribution in [0.2, 0.25) is 5.02 Å². The van der Waals surface area contributed by atoms with Crippen molar-refractivity contribution in [1.29, 1.82) is 0 Å². The van der Waals surface area contributed by atoms with Crippen LogP contribution in [0.3, 0.4) is 0 Å². The first-order valence-electron chi connectivity index (χ1n) is 12.4. The Labute approximate surface area is 228 Å². The number of piperazine rings is 1. The quantitative estimate of drug-likeness (QED) is 0.281. The Morgan fingerprint density at radius 2 is 1.76 bits per heavy atom. The highest BCUT2D eigenvalue weighted by Crippen LogP contribution is 2.35. The van der Waals surface area contributed by atoms with Crippen molar-refractivity contribution in [3.8, 4) is 22.3 Å². The van der Waals surface area contributed by atoms with E-state index in [-0.39, 0.29) is 12.4 Å². The normalized spacial score (nSPS) is 13.6. The van der Waals surface area contributed by atoms with Gasteiger partial charge < -0.3 is 15.2 Å². The van der Waals surface area contributed by atoms with Crippen molar-refractivity contribution in [2.24, 2.45) is 0 Å². The van der Waals surface area contributed by atoms with Crippen molar-refractivity contribution in [3.05, 3.63) is 89.0 Å². The second-order valence-corrected chi connectivity index (χ2v) is 9.88. The van der Waals surface area contributed by atoms with Gasteiger partial charge in [0.15, 0.2) is 0 Å². The minimum atomic E-state index is 0. The number of aromatic nitrogens is 4. The van der Waals surface area contributed by atoms with Crippen LogP contribution in [0.15, 0.2) is 67.0 Å². The van der Waals surface area contributed by atoms with E-state index in [1.54, 1.807) is 0 Å². The van der Waals surface area contributed by atoms with Crippen molar-refractivity contribution in [1.82, 2.24) is 25.1 Å². The molecule has 3 aromatic heterocycles. The number of halogens is 2. The van der Waals surface area contributed by atoms with Crippen molar-refractivity contribution in [3.63, 3.8) is 0 Å². The Morgan fingerprint density at radius 3 is 2.51 bits per heavy atom. The second-order valence-electron chi connectivity index (χ2n) is 9.44. The van der Waals surface area contributed by atoms with E-state index in [4.69, 9.17) is 21.7 Å². The number of anilines is 1. The highest BCUT2D eigenvalue weighted by Gasteiger charge is 2.18. The van der Waals surface area contributed by atoms with E-state index in [1.807, 2.05) is 24.4 Å². The van der Waals surface area contributed by atoms with Gasteiger partial charge in [-0.2, -0.15) is 5.10 Å². The predicted molar refractivity (Wildman–Crippen MR) is 155 cm³/mol. The van der Waals surface area contributed by atoms with Gasteiger partial charge in [0.05, 0.1) is 12.2 Å². The summed E-state index contributed by atoms with van der Waals surface area (Å²) >= 11 is 6.20. The molecule has 6 rings (SSSR count). The Bertz CT molecular complexity index is 1530. The number of nitrogens with zero attached hydrogens (tertiary/aromatic N) is 4. The minimum absolute atomic E-state index is 0. The lowest BCUT2D eigenvalue weighted by Gasteiger charge is -2.29. The van der Waals surface area contributed by atoms with Gasteiger partial charge in [-0.1, -0.05) is 35.9 Å². The number of aromatic amines is 1. The zero-order valence-corrected chi connectivity index (χ0v) is 22.5. The Morgan fingerprint density at radius 1 is 0.973 bits per heavy atom. The van der Waals surface area contributed by atoms with E-state index in [2.05, 4.69) is 76.3 Å². The highest BCUT2D eigenvalue weighted by molar-refractivity contribution is 6.30. The largest absolute Gasteiger partial charge is 0.369 e. The summed E-state index contributed by atoms with van der Waals surface area (Å²) in [6.45, 7) is 9.04. The average Bonchev–Trinajstić information content (AvgIpc) is 3.43. The maximum Gasteiger partial charge on any atom is 0.137 e. The molecule has 0 bridgehead atoms. The number of hydrogen-bond donors (Lipinski definition) is 2. The van der Waals surface area contributed by atoms with Gasteiger partial charge in [-0.3, -0.25) is 4.68 Å². The molecule has 1 fully saturated rings. The van der Waals surface area contributed by atoms with Gasteiger partial charge in [-0.05, 0) is 55.3 Å². The third-order valence-electron chi connectivity index (χ3n) is 7.09. The lowest BCUT2D eigenvalue weighted by atomic mass is 10.0. The molecule has 0 saturated carbocycles. The molecular formula is C29H30Cl2N6. The molecule has 0 spiro atoms. The monoisotopic (exact) mass is 532 g/mol. The molecule has 4 heterocycles. The summed E-state index contributed by atoms with van der Waals surface area (Å²) in [5.74, 6) is 0. The van der Waals surface area contributed by atoms with Crippen molar-refractivity contribution < 1.29 is 0 Å². The molecule has 2 N–H and O–H groups in total. The van der Waals surface area contributed by atoms with E-state index < -0.39 is 0 Å². The van der Waals surface area contributed by atoms with Crippen LogP contribution in [0, 0.1) is 13.8 Å². The molecule has 190 valence electrons. The van der Waals surface area contributed by atoms with E-state index in [0.29, 0.717) is 6.54 Å². The van der Waals surface area contributed by atoms with Gasteiger partial charge in [0.1, 0.15) is 5.65 Å². The molecule has 0 radical (unpaired) electrons. The predicted octanol–water partition coefficient (Wildman–Crippen LogP) is 6.24. The van der Waals surface area contributed by atoms with E-state index in [0.717, 1.165) is 75.9 Å². The zero-order chi connectivity index (χ0) is 24.6. The molecule has 0 aliphatic carbocycles. The van der Waals surface area contributed by atoms with Crippen LogP contribution >= 0.6 is 24.0 Å². The smallest absolute Gasteiger partial charge is 0.137 e. The lowest BCUT2D eigenvalue weighted by molar-refractivity contribution is 0.589. The van der Waals surface area contributed by atoms with Crippen molar-refractivity contribution >= 4 is 40.7 Å². The summed E-state index contributed by atoms with van der Waals surface area (Å²) in [6.07, 6.45) is 4.00. The number of aryl methyl sites for hydroxylation is 1. The summed E-state index contributed by atoms with van der Waals surface area (Å²) in [4.78, 5) is 10.5. The fourth-order valence-electron chi connectivity index (χ4n) is 5.20. The van der Waals surface area contributed by atoms with Crippen molar-refractivity contribution in [2.75, 3.05) is 31.1 Å². The first-order valence-corrected chi connectivity index (χ1v) is 12.8. The maximum atomic E-state index is 6.20. The summed E-state index contributed by atoms with van der Waals surface area (Å²) < 4.78 is 2.06. The van der Waals surface area contributed by atoms with Crippen LogP contribution in [0.25, 0.3) is 33.3 Å². The summed E-state index contributed by atoms with van der Waals surface area (Å²) in [5, 5.41) is 10.1.